The van der Waals surface area contributed by atoms with Crippen LogP contribution in [-0.2, 0) is 11.3 Å². The zero-order chi connectivity index (χ0) is 11.8. The molecule has 1 aromatic rings. The maximum absolute atomic E-state index is 11.3. The molecule has 1 amide bonds. The van der Waals surface area contributed by atoms with Crippen molar-refractivity contribution < 1.29 is 4.79 Å². The molecule has 2 N–H and O–H groups in total. The van der Waals surface area contributed by atoms with Crippen LogP contribution in [0.25, 0.3) is 0 Å². The lowest BCUT2D eigenvalue weighted by molar-refractivity contribution is -0.120. The Kier molecular flexibility index (Phi) is 5.42. The number of rotatable bonds is 6. The van der Waals surface area contributed by atoms with Crippen molar-refractivity contribution >= 4 is 5.91 Å². The average molecular weight is 222 g/mol. The highest BCUT2D eigenvalue weighted by atomic mass is 16.1. The van der Waals surface area contributed by atoms with Gasteiger partial charge in [0.05, 0.1) is 12.2 Å². The summed E-state index contributed by atoms with van der Waals surface area (Å²) in [6.07, 6.45) is 1.62. The molecule has 0 saturated carbocycles. The minimum absolute atomic E-state index is 0.0117. The van der Waals surface area contributed by atoms with Crippen molar-refractivity contribution in [1.82, 2.24) is 20.8 Å². The van der Waals surface area contributed by atoms with E-state index in [0.29, 0.717) is 25.6 Å². The van der Waals surface area contributed by atoms with Crippen LogP contribution < -0.4 is 10.6 Å². The Bertz CT molecular complexity index is 313. The van der Waals surface area contributed by atoms with Gasteiger partial charge in [0, 0.05) is 19.3 Å². The fourth-order valence-corrected chi connectivity index (χ4v) is 1.11. The van der Waals surface area contributed by atoms with Gasteiger partial charge in [-0.2, -0.15) is 10.2 Å². The summed E-state index contributed by atoms with van der Waals surface area (Å²) in [5.41, 5.74) is 0.833. The quantitative estimate of drug-likeness (QED) is 0.728. The van der Waals surface area contributed by atoms with E-state index in [0.717, 1.165) is 5.69 Å². The molecule has 16 heavy (non-hydrogen) atoms. The van der Waals surface area contributed by atoms with E-state index in [9.17, 15) is 4.79 Å². The van der Waals surface area contributed by atoms with Crippen LogP contribution in [0.3, 0.4) is 0 Å². The highest BCUT2D eigenvalue weighted by Gasteiger charge is 2.01. The molecule has 5 heteroatoms. The number of aromatic nitrogens is 2. The summed E-state index contributed by atoms with van der Waals surface area (Å²) in [5.74, 6) is 0.488. The van der Waals surface area contributed by atoms with Crippen molar-refractivity contribution in [3.8, 4) is 0 Å². The second kappa shape index (κ2) is 6.90. The van der Waals surface area contributed by atoms with Crippen LogP contribution >= 0.6 is 0 Å². The molecule has 0 unspecified atom stereocenters. The van der Waals surface area contributed by atoms with Crippen LogP contribution in [0.15, 0.2) is 18.3 Å². The van der Waals surface area contributed by atoms with Gasteiger partial charge in [-0.1, -0.05) is 13.8 Å². The summed E-state index contributed by atoms with van der Waals surface area (Å²) >= 11 is 0. The van der Waals surface area contributed by atoms with E-state index in [2.05, 4.69) is 34.7 Å². The van der Waals surface area contributed by atoms with Gasteiger partial charge >= 0.3 is 0 Å². The molecule has 0 fully saturated rings. The number of amides is 1. The van der Waals surface area contributed by atoms with Gasteiger partial charge in [-0.05, 0) is 18.1 Å². The smallest absolute Gasteiger partial charge is 0.233 e. The van der Waals surface area contributed by atoms with Crippen molar-refractivity contribution in [3.63, 3.8) is 0 Å². The Hall–Kier alpha value is -1.49. The van der Waals surface area contributed by atoms with Gasteiger partial charge in [0.2, 0.25) is 5.91 Å². The number of carbonyl (C=O) groups excluding carboxylic acids is 1. The average Bonchev–Trinajstić information content (AvgIpc) is 2.28. The number of nitrogens with zero attached hydrogens (tertiary/aromatic N) is 2. The molecule has 1 aromatic heterocycles. The topological polar surface area (TPSA) is 66.9 Å². The first-order chi connectivity index (χ1) is 7.68. The molecule has 0 bridgehead atoms. The summed E-state index contributed by atoms with van der Waals surface area (Å²) < 4.78 is 0. The first kappa shape index (κ1) is 12.6. The third-order valence-electron chi connectivity index (χ3n) is 1.93. The Labute approximate surface area is 95.7 Å². The molecule has 0 aliphatic rings. The minimum atomic E-state index is 0.0117. The summed E-state index contributed by atoms with van der Waals surface area (Å²) in [7, 11) is 0. The number of hydrogen-bond acceptors (Lipinski definition) is 4. The molecule has 0 radical (unpaired) electrons. The molecule has 0 aromatic carbocycles. The Morgan fingerprint density at radius 3 is 2.94 bits per heavy atom. The van der Waals surface area contributed by atoms with Gasteiger partial charge in [-0.25, -0.2) is 0 Å². The van der Waals surface area contributed by atoms with Gasteiger partial charge in [0.1, 0.15) is 0 Å². The normalized spacial score (nSPS) is 10.4. The van der Waals surface area contributed by atoms with Gasteiger partial charge in [-0.15, -0.1) is 0 Å². The van der Waals surface area contributed by atoms with Crippen molar-refractivity contribution in [1.29, 1.82) is 0 Å². The SMILES string of the molecule is CC(C)CNC(=O)CNCc1cccnn1. The van der Waals surface area contributed by atoms with Crippen molar-refractivity contribution in [2.75, 3.05) is 13.1 Å². The van der Waals surface area contributed by atoms with Gasteiger partial charge in [-0.3, -0.25) is 4.79 Å². The second-order valence-corrected chi connectivity index (χ2v) is 4.02. The summed E-state index contributed by atoms with van der Waals surface area (Å²) in [5, 5.41) is 13.5. The highest BCUT2D eigenvalue weighted by Crippen LogP contribution is 1.89. The largest absolute Gasteiger partial charge is 0.355 e. The van der Waals surface area contributed by atoms with Crippen LogP contribution in [-0.4, -0.2) is 29.2 Å². The summed E-state index contributed by atoms with van der Waals surface area (Å²) in [6, 6.07) is 3.69. The zero-order valence-corrected chi connectivity index (χ0v) is 9.73. The first-order valence-electron chi connectivity index (χ1n) is 5.42. The highest BCUT2D eigenvalue weighted by molar-refractivity contribution is 5.77. The lowest BCUT2D eigenvalue weighted by Crippen LogP contribution is -2.35. The number of carbonyl (C=O) groups is 1. The Balaban J connectivity index is 2.13. The monoisotopic (exact) mass is 222 g/mol. The number of hydrogen-bond donors (Lipinski definition) is 2. The molecule has 0 atom stereocenters. The summed E-state index contributed by atoms with van der Waals surface area (Å²) in [4.78, 5) is 11.3. The number of nitrogens with one attached hydrogen (secondary N) is 2. The second-order valence-electron chi connectivity index (χ2n) is 4.02. The lowest BCUT2D eigenvalue weighted by Gasteiger charge is -2.08. The van der Waals surface area contributed by atoms with E-state index in [1.54, 1.807) is 6.20 Å². The summed E-state index contributed by atoms with van der Waals surface area (Å²) in [6.45, 7) is 5.71. The maximum atomic E-state index is 11.3. The molecule has 1 rings (SSSR count). The molecular weight excluding hydrogens is 204 g/mol. The van der Waals surface area contributed by atoms with Crippen LogP contribution in [0.1, 0.15) is 19.5 Å². The fourth-order valence-electron chi connectivity index (χ4n) is 1.11. The van der Waals surface area contributed by atoms with Gasteiger partial charge < -0.3 is 10.6 Å². The third kappa shape index (κ3) is 5.41. The zero-order valence-electron chi connectivity index (χ0n) is 9.73. The van der Waals surface area contributed by atoms with Crippen LogP contribution in [0, 0.1) is 5.92 Å². The van der Waals surface area contributed by atoms with E-state index in [1.165, 1.54) is 0 Å². The predicted octanol–water partition coefficient (Wildman–Crippen LogP) is 0.338. The van der Waals surface area contributed by atoms with Gasteiger partial charge in [0.25, 0.3) is 0 Å². The van der Waals surface area contributed by atoms with E-state index >= 15 is 0 Å². The van der Waals surface area contributed by atoms with Crippen LogP contribution in [0.5, 0.6) is 0 Å². The first-order valence-corrected chi connectivity index (χ1v) is 5.42. The van der Waals surface area contributed by atoms with Crippen LogP contribution in [0.2, 0.25) is 0 Å². The Morgan fingerprint density at radius 2 is 2.31 bits per heavy atom. The van der Waals surface area contributed by atoms with E-state index in [1.807, 2.05) is 12.1 Å². The molecule has 0 spiro atoms. The van der Waals surface area contributed by atoms with Gasteiger partial charge in [0.15, 0.2) is 0 Å². The molecular formula is C11H18N4O. The maximum Gasteiger partial charge on any atom is 0.233 e. The molecule has 88 valence electrons. The van der Waals surface area contributed by atoms with E-state index in [-0.39, 0.29) is 5.91 Å². The predicted molar refractivity (Wildman–Crippen MR) is 61.6 cm³/mol. The minimum Gasteiger partial charge on any atom is -0.355 e. The lowest BCUT2D eigenvalue weighted by atomic mass is 10.2. The fraction of sp³-hybridized carbons (Fsp3) is 0.545. The molecule has 0 aliphatic carbocycles. The standard InChI is InChI=1S/C11H18N4O/c1-9(2)6-13-11(16)8-12-7-10-4-3-5-14-15-10/h3-5,9,12H,6-8H2,1-2H3,(H,13,16). The molecule has 1 heterocycles. The van der Waals surface area contributed by atoms with E-state index in [4.69, 9.17) is 0 Å². The van der Waals surface area contributed by atoms with Crippen molar-refractivity contribution in [3.05, 3.63) is 24.0 Å². The van der Waals surface area contributed by atoms with Crippen LogP contribution in [0.4, 0.5) is 0 Å². The molecule has 0 aliphatic heterocycles. The van der Waals surface area contributed by atoms with Crippen molar-refractivity contribution in [2.24, 2.45) is 5.92 Å². The van der Waals surface area contributed by atoms with E-state index < -0.39 is 0 Å². The Morgan fingerprint density at radius 1 is 1.50 bits per heavy atom. The third-order valence-corrected chi connectivity index (χ3v) is 1.93. The van der Waals surface area contributed by atoms with Crippen molar-refractivity contribution in [2.45, 2.75) is 20.4 Å². The molecule has 0 saturated heterocycles. The molecule has 5 nitrogen and oxygen atoms in total.